The second kappa shape index (κ2) is 6.77. The van der Waals surface area contributed by atoms with E-state index in [1.54, 1.807) is 0 Å². The van der Waals surface area contributed by atoms with Gasteiger partial charge in [0.15, 0.2) is 0 Å². The monoisotopic (exact) mass is 248 g/mol. The van der Waals surface area contributed by atoms with Gasteiger partial charge < -0.3 is 4.74 Å². The normalized spacial score (nSPS) is 13.4. The van der Waals surface area contributed by atoms with Crippen LogP contribution in [0.3, 0.4) is 0 Å². The Hall–Kier alpha value is -0.863. The van der Waals surface area contributed by atoms with E-state index in [0.29, 0.717) is 0 Å². The molecular weight excluding hydrogens is 224 g/mol. The Bertz CT molecular complexity index is 327. The van der Waals surface area contributed by atoms with Crippen molar-refractivity contribution < 1.29 is 4.74 Å². The lowest BCUT2D eigenvalue weighted by Crippen LogP contribution is -2.19. The van der Waals surface area contributed by atoms with Crippen LogP contribution >= 0.6 is 0 Å². The minimum Gasteiger partial charge on any atom is -0.369 e. The molecular formula is C15H24OSi. The van der Waals surface area contributed by atoms with Gasteiger partial charge in [0.05, 0.1) is 0 Å². The summed E-state index contributed by atoms with van der Waals surface area (Å²) >= 11 is 0. The third-order valence-corrected chi connectivity index (χ3v) is 4.56. The zero-order valence-corrected chi connectivity index (χ0v) is 12.3. The highest BCUT2D eigenvalue weighted by Gasteiger charge is 2.13. The Labute approximate surface area is 107 Å². The third kappa shape index (κ3) is 5.85. The van der Waals surface area contributed by atoms with Gasteiger partial charge >= 0.3 is 0 Å². The molecule has 0 radical (unpaired) electrons. The molecule has 0 amide bonds. The summed E-state index contributed by atoms with van der Waals surface area (Å²) < 4.78 is 5.88. The fourth-order valence-electron chi connectivity index (χ4n) is 1.76. The van der Waals surface area contributed by atoms with Gasteiger partial charge in [-0.25, -0.2) is 0 Å². The minimum absolute atomic E-state index is 0.0397. The van der Waals surface area contributed by atoms with Crippen LogP contribution in [0.4, 0.5) is 0 Å². The average Bonchev–Trinajstić information content (AvgIpc) is 2.29. The number of rotatable bonds is 7. The van der Waals surface area contributed by atoms with E-state index in [0.717, 1.165) is 13.0 Å². The van der Waals surface area contributed by atoms with Gasteiger partial charge in [-0.15, -0.1) is 6.58 Å². The zero-order chi connectivity index (χ0) is 12.7. The maximum atomic E-state index is 5.88. The minimum atomic E-state index is -0.925. The highest BCUT2D eigenvalue weighted by molar-refractivity contribution is 6.76. The van der Waals surface area contributed by atoms with Crippen molar-refractivity contribution >= 4 is 8.07 Å². The summed E-state index contributed by atoms with van der Waals surface area (Å²) in [7, 11) is -0.925. The molecule has 1 aromatic carbocycles. The first-order chi connectivity index (χ1) is 8.03. The van der Waals surface area contributed by atoms with Gasteiger partial charge in [0, 0.05) is 14.7 Å². The fraction of sp³-hybridized carbons (Fsp3) is 0.467. The second-order valence-corrected chi connectivity index (χ2v) is 11.2. The Morgan fingerprint density at radius 3 is 2.41 bits per heavy atom. The van der Waals surface area contributed by atoms with Crippen molar-refractivity contribution in [2.24, 2.45) is 0 Å². The number of benzene rings is 1. The first-order valence-corrected chi connectivity index (χ1v) is 10.0. The molecule has 2 heteroatoms. The molecule has 1 rings (SSSR count). The quantitative estimate of drug-likeness (QED) is 0.387. The predicted octanol–water partition coefficient (Wildman–Crippen LogP) is 4.66. The van der Waals surface area contributed by atoms with Crippen molar-refractivity contribution in [3.8, 4) is 0 Å². The summed E-state index contributed by atoms with van der Waals surface area (Å²) in [5.41, 5.74) is 1.19. The Balaban J connectivity index is 2.37. The molecule has 0 heterocycles. The lowest BCUT2D eigenvalue weighted by Gasteiger charge is -2.18. The molecule has 94 valence electrons. The van der Waals surface area contributed by atoms with Crippen LogP contribution in [-0.2, 0) is 4.74 Å². The van der Waals surface area contributed by atoms with E-state index in [2.05, 4.69) is 38.4 Å². The van der Waals surface area contributed by atoms with Crippen LogP contribution in [-0.4, -0.2) is 14.7 Å². The summed E-state index contributed by atoms with van der Waals surface area (Å²) in [6.45, 7) is 11.9. The van der Waals surface area contributed by atoms with Crippen LogP contribution < -0.4 is 0 Å². The number of hydrogen-bond donors (Lipinski definition) is 0. The second-order valence-electron chi connectivity index (χ2n) is 5.60. The first kappa shape index (κ1) is 14.2. The van der Waals surface area contributed by atoms with Gasteiger partial charge in [0.2, 0.25) is 0 Å². The largest absolute Gasteiger partial charge is 0.369 e. The molecule has 0 bridgehead atoms. The van der Waals surface area contributed by atoms with Crippen molar-refractivity contribution in [1.82, 2.24) is 0 Å². The van der Waals surface area contributed by atoms with Gasteiger partial charge in [-0.2, -0.15) is 0 Å². The lowest BCUT2D eigenvalue weighted by molar-refractivity contribution is 0.0859. The third-order valence-electron chi connectivity index (χ3n) is 2.71. The SMILES string of the molecule is C=C[C@H](OCCC[Si](C)(C)C)c1ccccc1. The Morgan fingerprint density at radius 2 is 1.88 bits per heavy atom. The van der Waals surface area contributed by atoms with Crippen molar-refractivity contribution in [1.29, 1.82) is 0 Å². The maximum Gasteiger partial charge on any atom is 0.100 e. The molecule has 0 N–H and O–H groups in total. The van der Waals surface area contributed by atoms with Crippen molar-refractivity contribution in [3.05, 3.63) is 48.6 Å². The zero-order valence-electron chi connectivity index (χ0n) is 11.3. The number of hydrogen-bond acceptors (Lipinski definition) is 1. The van der Waals surface area contributed by atoms with Crippen LogP contribution in [0, 0.1) is 0 Å². The summed E-state index contributed by atoms with van der Waals surface area (Å²) in [5.74, 6) is 0. The summed E-state index contributed by atoms with van der Waals surface area (Å²) in [6, 6.07) is 11.6. The van der Waals surface area contributed by atoms with E-state index in [1.165, 1.54) is 11.6 Å². The Kier molecular flexibility index (Phi) is 5.66. The molecule has 1 atom stereocenters. The molecule has 0 spiro atoms. The van der Waals surface area contributed by atoms with Crippen LogP contribution in [0.5, 0.6) is 0 Å². The standard InChI is InChI=1S/C15H24OSi/c1-5-15(14-10-7-6-8-11-14)16-12-9-13-17(2,3)4/h5-8,10-11,15H,1,9,12-13H2,2-4H3/t15-/m0/s1. The van der Waals surface area contributed by atoms with Gasteiger partial charge in [-0.3, -0.25) is 0 Å². The molecule has 0 saturated carbocycles. The van der Waals surface area contributed by atoms with Crippen molar-refractivity contribution in [2.75, 3.05) is 6.61 Å². The van der Waals surface area contributed by atoms with E-state index in [4.69, 9.17) is 4.74 Å². The highest BCUT2D eigenvalue weighted by atomic mass is 28.3. The van der Waals surface area contributed by atoms with Gasteiger partial charge in [0.1, 0.15) is 6.10 Å². The summed E-state index contributed by atoms with van der Waals surface area (Å²) in [6.07, 6.45) is 3.08. The summed E-state index contributed by atoms with van der Waals surface area (Å²) in [4.78, 5) is 0. The summed E-state index contributed by atoms with van der Waals surface area (Å²) in [5, 5.41) is 0. The average molecular weight is 248 g/mol. The molecule has 17 heavy (non-hydrogen) atoms. The van der Waals surface area contributed by atoms with E-state index in [-0.39, 0.29) is 6.10 Å². The predicted molar refractivity (Wildman–Crippen MR) is 78.1 cm³/mol. The molecule has 0 aliphatic carbocycles. The van der Waals surface area contributed by atoms with Gasteiger partial charge in [-0.1, -0.05) is 62.1 Å². The van der Waals surface area contributed by atoms with E-state index in [1.807, 2.05) is 24.3 Å². The molecule has 0 aliphatic rings. The first-order valence-electron chi connectivity index (χ1n) is 6.32. The molecule has 0 aromatic heterocycles. The Morgan fingerprint density at radius 1 is 1.24 bits per heavy atom. The van der Waals surface area contributed by atoms with Crippen LogP contribution in [0.25, 0.3) is 0 Å². The highest BCUT2D eigenvalue weighted by Crippen LogP contribution is 2.19. The van der Waals surface area contributed by atoms with Crippen LogP contribution in [0.1, 0.15) is 18.1 Å². The molecule has 0 aliphatic heterocycles. The van der Waals surface area contributed by atoms with Crippen LogP contribution in [0.2, 0.25) is 25.7 Å². The fourth-order valence-corrected chi connectivity index (χ4v) is 2.96. The van der Waals surface area contributed by atoms with Crippen LogP contribution in [0.15, 0.2) is 43.0 Å². The van der Waals surface area contributed by atoms with Gasteiger partial charge in [0.25, 0.3) is 0 Å². The molecule has 1 nitrogen and oxygen atoms in total. The molecule has 0 fully saturated rings. The lowest BCUT2D eigenvalue weighted by atomic mass is 10.1. The molecule has 1 aromatic rings. The number of ether oxygens (including phenoxy) is 1. The molecule has 0 saturated heterocycles. The molecule has 0 unspecified atom stereocenters. The van der Waals surface area contributed by atoms with Crippen molar-refractivity contribution in [2.45, 2.75) is 38.2 Å². The maximum absolute atomic E-state index is 5.88. The van der Waals surface area contributed by atoms with Crippen molar-refractivity contribution in [3.63, 3.8) is 0 Å². The smallest absolute Gasteiger partial charge is 0.100 e. The van der Waals surface area contributed by atoms with E-state index >= 15 is 0 Å². The van der Waals surface area contributed by atoms with E-state index in [9.17, 15) is 0 Å². The van der Waals surface area contributed by atoms with E-state index < -0.39 is 8.07 Å². The van der Waals surface area contributed by atoms with Gasteiger partial charge in [-0.05, 0) is 12.0 Å². The topological polar surface area (TPSA) is 9.23 Å².